The molecule has 2 fully saturated rings. The van der Waals surface area contributed by atoms with Crippen molar-refractivity contribution < 1.29 is 14.4 Å². The van der Waals surface area contributed by atoms with Crippen molar-refractivity contribution in [2.24, 2.45) is 5.92 Å². The third-order valence-electron chi connectivity index (χ3n) is 7.01. The van der Waals surface area contributed by atoms with Crippen LogP contribution in [0.1, 0.15) is 52.8 Å². The second kappa shape index (κ2) is 11.3. The zero-order chi connectivity index (χ0) is 26.8. The molecule has 4 heterocycles. The zero-order valence-electron chi connectivity index (χ0n) is 21.9. The summed E-state index contributed by atoms with van der Waals surface area (Å²) in [6, 6.07) is 11.7. The van der Waals surface area contributed by atoms with Gasteiger partial charge < -0.3 is 20.4 Å². The lowest BCUT2D eigenvalue weighted by Crippen LogP contribution is -2.48. The van der Waals surface area contributed by atoms with Crippen molar-refractivity contribution in [3.05, 3.63) is 58.0 Å². The van der Waals surface area contributed by atoms with E-state index in [1.165, 1.54) is 11.3 Å². The number of aromatic nitrogens is 1. The molecule has 3 amide bonds. The van der Waals surface area contributed by atoms with E-state index in [0.29, 0.717) is 29.5 Å². The van der Waals surface area contributed by atoms with Crippen LogP contribution in [0.15, 0.2) is 42.6 Å². The van der Waals surface area contributed by atoms with Crippen molar-refractivity contribution in [3.8, 4) is 10.4 Å². The summed E-state index contributed by atoms with van der Waals surface area (Å²) >= 11 is 2.99. The molecule has 2 aliphatic rings. The van der Waals surface area contributed by atoms with Gasteiger partial charge >= 0.3 is 0 Å². The van der Waals surface area contributed by atoms with Crippen molar-refractivity contribution in [1.82, 2.24) is 20.1 Å². The standard InChI is InChI=1S/C28H33N5O3S2/c1-17(2)27(35)32(3)14-18-6-8-19(9-7-18)23-13-30-26(38-23)20-15-33(16-20)28(36)22-10-11-24(37-22)31-25(34)21-5-4-12-29-21/h6-11,13,17,20-21,29H,4-5,12,14-16H2,1-3H3,(H,31,34)/t21-/m0/s1. The van der Waals surface area contributed by atoms with Crippen LogP contribution in [-0.4, -0.2) is 65.2 Å². The Morgan fingerprint density at radius 1 is 1.13 bits per heavy atom. The van der Waals surface area contributed by atoms with Gasteiger partial charge in [0, 0.05) is 44.7 Å². The lowest BCUT2D eigenvalue weighted by atomic mass is 10.0. The highest BCUT2D eigenvalue weighted by Gasteiger charge is 2.35. The number of likely N-dealkylation sites (tertiary alicyclic amines) is 1. The van der Waals surface area contributed by atoms with E-state index in [1.807, 2.05) is 32.0 Å². The number of amides is 3. The maximum atomic E-state index is 12.9. The average molecular weight is 552 g/mol. The Balaban J connectivity index is 1.13. The molecular formula is C28H33N5O3S2. The molecule has 2 aromatic heterocycles. The van der Waals surface area contributed by atoms with Gasteiger partial charge in [-0.25, -0.2) is 4.98 Å². The van der Waals surface area contributed by atoms with Crippen LogP contribution in [-0.2, 0) is 16.1 Å². The first-order valence-corrected chi connectivity index (χ1v) is 14.6. The average Bonchev–Trinajstić information content (AvgIpc) is 3.65. The van der Waals surface area contributed by atoms with Crippen LogP contribution in [0.5, 0.6) is 0 Å². The van der Waals surface area contributed by atoms with Crippen molar-refractivity contribution in [2.75, 3.05) is 32.0 Å². The smallest absolute Gasteiger partial charge is 0.264 e. The molecule has 0 spiro atoms. The molecule has 5 rings (SSSR count). The van der Waals surface area contributed by atoms with Crippen LogP contribution >= 0.6 is 22.7 Å². The Morgan fingerprint density at radius 2 is 1.89 bits per heavy atom. The maximum absolute atomic E-state index is 12.9. The van der Waals surface area contributed by atoms with Crippen LogP contribution in [0.4, 0.5) is 5.00 Å². The van der Waals surface area contributed by atoms with Crippen molar-refractivity contribution in [1.29, 1.82) is 0 Å². The summed E-state index contributed by atoms with van der Waals surface area (Å²) in [4.78, 5) is 47.4. The number of nitrogens with zero attached hydrogens (tertiary/aromatic N) is 3. The summed E-state index contributed by atoms with van der Waals surface area (Å²) in [5.41, 5.74) is 2.19. The SMILES string of the molecule is CC(C)C(=O)N(C)Cc1ccc(-c2cnc(C3CN(C(=O)c4ccc(NC(=O)[C@@H]5CCCN5)s4)C3)s2)cc1. The van der Waals surface area contributed by atoms with Crippen LogP contribution in [0, 0.1) is 5.92 Å². The van der Waals surface area contributed by atoms with Crippen LogP contribution in [0.2, 0.25) is 0 Å². The van der Waals surface area contributed by atoms with Crippen LogP contribution < -0.4 is 10.6 Å². The van der Waals surface area contributed by atoms with E-state index in [1.54, 1.807) is 28.4 Å². The normalized spacial score (nSPS) is 17.5. The summed E-state index contributed by atoms with van der Waals surface area (Å²) in [5, 5.41) is 7.87. The fourth-order valence-corrected chi connectivity index (χ4v) is 6.65. The van der Waals surface area contributed by atoms with Gasteiger partial charge in [-0.05, 0) is 42.6 Å². The molecule has 1 aromatic carbocycles. The van der Waals surface area contributed by atoms with Gasteiger partial charge in [0.2, 0.25) is 11.8 Å². The number of thiazole rings is 1. The zero-order valence-corrected chi connectivity index (χ0v) is 23.5. The van der Waals surface area contributed by atoms with Gasteiger partial charge in [-0.3, -0.25) is 14.4 Å². The Morgan fingerprint density at radius 3 is 2.58 bits per heavy atom. The van der Waals surface area contributed by atoms with E-state index in [9.17, 15) is 14.4 Å². The highest BCUT2D eigenvalue weighted by molar-refractivity contribution is 7.18. The number of hydrogen-bond donors (Lipinski definition) is 2. The highest BCUT2D eigenvalue weighted by Crippen LogP contribution is 2.36. The molecule has 2 aliphatic heterocycles. The van der Waals surface area contributed by atoms with Gasteiger partial charge in [0.25, 0.3) is 5.91 Å². The monoisotopic (exact) mass is 551 g/mol. The molecule has 0 unspecified atom stereocenters. The molecule has 38 heavy (non-hydrogen) atoms. The number of hydrogen-bond acceptors (Lipinski definition) is 7. The van der Waals surface area contributed by atoms with E-state index >= 15 is 0 Å². The second-order valence-corrected chi connectivity index (χ2v) is 12.5. The lowest BCUT2D eigenvalue weighted by molar-refractivity contribution is -0.133. The van der Waals surface area contributed by atoms with E-state index in [0.717, 1.165) is 40.4 Å². The van der Waals surface area contributed by atoms with Gasteiger partial charge in [0.15, 0.2) is 0 Å². The van der Waals surface area contributed by atoms with Crippen molar-refractivity contribution in [3.63, 3.8) is 0 Å². The van der Waals surface area contributed by atoms with Gasteiger partial charge in [-0.15, -0.1) is 22.7 Å². The van der Waals surface area contributed by atoms with E-state index in [2.05, 4.69) is 39.9 Å². The number of rotatable bonds is 8. The number of carbonyl (C=O) groups is 3. The van der Waals surface area contributed by atoms with Gasteiger partial charge in [-0.2, -0.15) is 0 Å². The number of thiophene rings is 1. The van der Waals surface area contributed by atoms with E-state index in [4.69, 9.17) is 0 Å². The molecule has 0 radical (unpaired) electrons. The predicted molar refractivity (Wildman–Crippen MR) is 151 cm³/mol. The van der Waals surface area contributed by atoms with Crippen LogP contribution in [0.25, 0.3) is 10.4 Å². The van der Waals surface area contributed by atoms with Crippen LogP contribution in [0.3, 0.4) is 0 Å². The summed E-state index contributed by atoms with van der Waals surface area (Å²) < 4.78 is 0. The summed E-state index contributed by atoms with van der Waals surface area (Å²) in [5.74, 6) is 0.328. The minimum Gasteiger partial charge on any atom is -0.341 e. The molecule has 0 aliphatic carbocycles. The topological polar surface area (TPSA) is 94.6 Å². The first-order valence-electron chi connectivity index (χ1n) is 13.0. The summed E-state index contributed by atoms with van der Waals surface area (Å²) in [6.07, 6.45) is 3.76. The summed E-state index contributed by atoms with van der Waals surface area (Å²) in [7, 11) is 1.84. The number of carbonyl (C=O) groups excluding carboxylic acids is 3. The number of nitrogens with one attached hydrogen (secondary N) is 2. The molecule has 10 heteroatoms. The second-order valence-electron chi connectivity index (χ2n) is 10.3. The number of anilines is 1. The molecule has 2 N–H and O–H groups in total. The predicted octanol–water partition coefficient (Wildman–Crippen LogP) is 4.42. The lowest BCUT2D eigenvalue weighted by Gasteiger charge is -2.37. The van der Waals surface area contributed by atoms with Gasteiger partial charge in [0.1, 0.15) is 0 Å². The van der Waals surface area contributed by atoms with E-state index in [-0.39, 0.29) is 35.6 Å². The summed E-state index contributed by atoms with van der Waals surface area (Å²) in [6.45, 7) is 6.58. The Hall–Kier alpha value is -3.08. The minimum atomic E-state index is -0.143. The largest absolute Gasteiger partial charge is 0.341 e. The fourth-order valence-electron chi connectivity index (χ4n) is 4.77. The molecule has 0 saturated carbocycles. The van der Waals surface area contributed by atoms with Gasteiger partial charge in [-0.1, -0.05) is 38.1 Å². The Labute approximate surface area is 231 Å². The van der Waals surface area contributed by atoms with Crippen molar-refractivity contribution in [2.45, 2.75) is 45.2 Å². The molecule has 2 saturated heterocycles. The van der Waals surface area contributed by atoms with Gasteiger partial charge in [0.05, 0.1) is 25.8 Å². The third-order valence-corrected chi connectivity index (χ3v) is 9.21. The number of benzene rings is 1. The van der Waals surface area contributed by atoms with E-state index < -0.39 is 0 Å². The molecule has 3 aromatic rings. The van der Waals surface area contributed by atoms with Crippen molar-refractivity contribution >= 4 is 45.4 Å². The molecule has 1 atom stereocenters. The molecular weight excluding hydrogens is 518 g/mol. The quantitative estimate of drug-likeness (QED) is 0.432. The maximum Gasteiger partial charge on any atom is 0.264 e. The fraction of sp³-hybridized carbons (Fsp3) is 0.429. The minimum absolute atomic E-state index is 0.000903. The first kappa shape index (κ1) is 26.5. The highest BCUT2D eigenvalue weighted by atomic mass is 32.1. The first-order chi connectivity index (χ1) is 18.3. The molecule has 8 nitrogen and oxygen atoms in total. The Bertz CT molecular complexity index is 1300. The third kappa shape index (κ3) is 5.82. The Kier molecular flexibility index (Phi) is 7.92. The molecule has 0 bridgehead atoms. The molecule has 200 valence electrons.